The predicted octanol–water partition coefficient (Wildman–Crippen LogP) is 1.55. The van der Waals surface area contributed by atoms with Crippen LogP contribution in [0.3, 0.4) is 0 Å². The third-order valence-corrected chi connectivity index (χ3v) is 1.61. The number of hydrogen-bond acceptors (Lipinski definition) is 2. The molecule has 0 heterocycles. The van der Waals surface area contributed by atoms with Crippen molar-refractivity contribution >= 4 is 32.8 Å². The number of hydrogen-bond donors (Lipinski definition) is 0. The summed E-state index contributed by atoms with van der Waals surface area (Å²) in [7, 11) is 1.47. The molecule has 0 aromatic carbocycles. The molecule has 0 saturated carbocycles. The molecule has 0 saturated heterocycles. The second-order valence-corrected chi connectivity index (χ2v) is 2.67. The van der Waals surface area contributed by atoms with Crippen LogP contribution in [-0.4, -0.2) is 23.8 Å². The molecular weight excluding hydrogens is 207 g/mol. The van der Waals surface area contributed by atoms with Gasteiger partial charge < -0.3 is 4.74 Å². The molecular formula is C5H8BrClO2. The van der Waals surface area contributed by atoms with Gasteiger partial charge in [-0.1, -0.05) is 15.9 Å². The van der Waals surface area contributed by atoms with E-state index in [9.17, 15) is 4.79 Å². The first-order valence-corrected chi connectivity index (χ1v) is 4.00. The van der Waals surface area contributed by atoms with Gasteiger partial charge in [0.25, 0.3) is 5.24 Å². The number of alkyl halides is 1. The number of methoxy groups -OCH3 is 1. The van der Waals surface area contributed by atoms with Gasteiger partial charge in [-0.05, 0) is 18.0 Å². The highest BCUT2D eigenvalue weighted by Crippen LogP contribution is 2.03. The molecule has 0 aromatic rings. The van der Waals surface area contributed by atoms with Crippen molar-refractivity contribution in [1.82, 2.24) is 0 Å². The zero-order chi connectivity index (χ0) is 7.28. The highest BCUT2D eigenvalue weighted by atomic mass is 79.9. The van der Waals surface area contributed by atoms with E-state index in [0.29, 0.717) is 6.42 Å². The lowest BCUT2D eigenvalue weighted by Crippen LogP contribution is -2.18. The molecule has 0 N–H and O–H groups in total. The SMILES string of the molecule is COC(CCBr)C(=O)Cl. The molecule has 0 amide bonds. The summed E-state index contributed by atoms with van der Waals surface area (Å²) in [5.74, 6) is 0. The molecule has 0 aliphatic heterocycles. The lowest BCUT2D eigenvalue weighted by molar-refractivity contribution is -0.120. The van der Waals surface area contributed by atoms with Gasteiger partial charge in [0.2, 0.25) is 0 Å². The van der Waals surface area contributed by atoms with E-state index >= 15 is 0 Å². The van der Waals surface area contributed by atoms with E-state index in [-0.39, 0.29) is 0 Å². The first-order chi connectivity index (χ1) is 4.22. The average Bonchev–Trinajstić information content (AvgIpc) is 1.82. The molecule has 54 valence electrons. The van der Waals surface area contributed by atoms with Gasteiger partial charge in [-0.25, -0.2) is 0 Å². The highest BCUT2D eigenvalue weighted by Gasteiger charge is 2.12. The maximum absolute atomic E-state index is 10.4. The summed E-state index contributed by atoms with van der Waals surface area (Å²) in [5, 5.41) is 0.293. The van der Waals surface area contributed by atoms with Crippen LogP contribution < -0.4 is 0 Å². The fourth-order valence-corrected chi connectivity index (χ4v) is 1.04. The molecule has 0 aliphatic rings. The second kappa shape index (κ2) is 5.21. The fourth-order valence-electron chi connectivity index (χ4n) is 0.423. The van der Waals surface area contributed by atoms with Crippen LogP contribution in [0, 0.1) is 0 Å². The summed E-state index contributed by atoms with van der Waals surface area (Å²) in [6.45, 7) is 0. The lowest BCUT2D eigenvalue weighted by atomic mass is 10.3. The smallest absolute Gasteiger partial charge is 0.250 e. The Hall–Kier alpha value is 0.400. The van der Waals surface area contributed by atoms with Crippen molar-refractivity contribution in [2.45, 2.75) is 12.5 Å². The molecule has 0 bridgehead atoms. The van der Waals surface area contributed by atoms with Gasteiger partial charge in [0, 0.05) is 12.4 Å². The Bertz CT molecular complexity index is 97.0. The molecule has 0 rings (SSSR count). The third kappa shape index (κ3) is 3.89. The van der Waals surface area contributed by atoms with E-state index in [2.05, 4.69) is 15.9 Å². The Labute approximate surface area is 67.6 Å². The van der Waals surface area contributed by atoms with Crippen molar-refractivity contribution in [2.24, 2.45) is 0 Å². The summed E-state index contributed by atoms with van der Waals surface area (Å²) >= 11 is 8.31. The van der Waals surface area contributed by atoms with Crippen LogP contribution in [0.1, 0.15) is 6.42 Å². The van der Waals surface area contributed by atoms with E-state index in [0.717, 1.165) is 5.33 Å². The van der Waals surface area contributed by atoms with Gasteiger partial charge in [0.05, 0.1) is 0 Å². The molecule has 1 atom stereocenters. The molecule has 0 radical (unpaired) electrons. The van der Waals surface area contributed by atoms with Crippen molar-refractivity contribution in [1.29, 1.82) is 0 Å². The number of halogens is 2. The summed E-state index contributed by atoms with van der Waals surface area (Å²) in [5.41, 5.74) is 0. The normalized spacial score (nSPS) is 13.2. The minimum absolute atomic E-state index is 0.433. The Morgan fingerprint density at radius 3 is 2.56 bits per heavy atom. The summed E-state index contributed by atoms with van der Waals surface area (Å²) < 4.78 is 4.74. The quantitative estimate of drug-likeness (QED) is 0.525. The van der Waals surface area contributed by atoms with Gasteiger partial charge in [-0.3, -0.25) is 4.79 Å². The van der Waals surface area contributed by atoms with Crippen LogP contribution in [0.5, 0.6) is 0 Å². The maximum Gasteiger partial charge on any atom is 0.250 e. The zero-order valence-electron chi connectivity index (χ0n) is 5.06. The van der Waals surface area contributed by atoms with E-state index < -0.39 is 11.3 Å². The van der Waals surface area contributed by atoms with Crippen LogP contribution in [-0.2, 0) is 9.53 Å². The summed E-state index contributed by atoms with van der Waals surface area (Å²) in [4.78, 5) is 10.4. The van der Waals surface area contributed by atoms with Crippen LogP contribution in [0.25, 0.3) is 0 Å². The zero-order valence-corrected chi connectivity index (χ0v) is 7.41. The molecule has 0 aliphatic carbocycles. The van der Waals surface area contributed by atoms with Gasteiger partial charge >= 0.3 is 0 Å². The Morgan fingerprint density at radius 2 is 2.44 bits per heavy atom. The first-order valence-electron chi connectivity index (χ1n) is 2.50. The number of carbonyl (C=O) groups is 1. The topological polar surface area (TPSA) is 26.3 Å². The summed E-state index contributed by atoms with van der Waals surface area (Å²) in [6.07, 6.45) is 0.171. The Kier molecular flexibility index (Phi) is 5.44. The highest BCUT2D eigenvalue weighted by molar-refractivity contribution is 9.09. The van der Waals surface area contributed by atoms with E-state index in [1.165, 1.54) is 7.11 Å². The molecule has 0 aromatic heterocycles. The number of carbonyl (C=O) groups excluding carboxylic acids is 1. The van der Waals surface area contributed by atoms with Crippen LogP contribution in [0.15, 0.2) is 0 Å². The van der Waals surface area contributed by atoms with Crippen molar-refractivity contribution in [2.75, 3.05) is 12.4 Å². The van der Waals surface area contributed by atoms with E-state index in [4.69, 9.17) is 16.3 Å². The largest absolute Gasteiger partial charge is 0.372 e. The van der Waals surface area contributed by atoms with Crippen LogP contribution in [0.2, 0.25) is 0 Å². The van der Waals surface area contributed by atoms with E-state index in [1.54, 1.807) is 0 Å². The van der Waals surface area contributed by atoms with Crippen molar-refractivity contribution < 1.29 is 9.53 Å². The van der Waals surface area contributed by atoms with Crippen molar-refractivity contribution in [3.8, 4) is 0 Å². The lowest BCUT2D eigenvalue weighted by Gasteiger charge is -2.06. The molecule has 9 heavy (non-hydrogen) atoms. The monoisotopic (exact) mass is 214 g/mol. The Balaban J connectivity index is 3.54. The van der Waals surface area contributed by atoms with Gasteiger partial charge in [0.15, 0.2) is 0 Å². The van der Waals surface area contributed by atoms with Crippen LogP contribution >= 0.6 is 27.5 Å². The second-order valence-electron chi connectivity index (χ2n) is 1.51. The molecule has 2 nitrogen and oxygen atoms in total. The molecule has 1 unspecified atom stereocenters. The predicted molar refractivity (Wildman–Crippen MR) is 40.1 cm³/mol. The van der Waals surface area contributed by atoms with E-state index in [1.807, 2.05) is 0 Å². The number of rotatable bonds is 4. The fraction of sp³-hybridized carbons (Fsp3) is 0.800. The molecule has 4 heteroatoms. The van der Waals surface area contributed by atoms with Gasteiger partial charge in [-0.15, -0.1) is 0 Å². The first kappa shape index (κ1) is 9.40. The minimum Gasteiger partial charge on any atom is -0.372 e. The van der Waals surface area contributed by atoms with Gasteiger partial charge in [-0.2, -0.15) is 0 Å². The average molecular weight is 215 g/mol. The molecule has 0 spiro atoms. The van der Waals surface area contributed by atoms with Crippen molar-refractivity contribution in [3.05, 3.63) is 0 Å². The minimum atomic E-state index is -0.453. The van der Waals surface area contributed by atoms with Crippen molar-refractivity contribution in [3.63, 3.8) is 0 Å². The standard InChI is InChI=1S/C5H8BrClO2/c1-9-4(2-3-6)5(7)8/h4H,2-3H2,1H3. The van der Waals surface area contributed by atoms with Crippen LogP contribution in [0.4, 0.5) is 0 Å². The Morgan fingerprint density at radius 1 is 1.89 bits per heavy atom. The summed E-state index contributed by atoms with van der Waals surface area (Å²) in [6, 6.07) is 0. The number of ether oxygens (including phenoxy) is 1. The molecule has 0 fully saturated rings. The van der Waals surface area contributed by atoms with Gasteiger partial charge in [0.1, 0.15) is 6.10 Å². The maximum atomic E-state index is 10.4. The third-order valence-electron chi connectivity index (χ3n) is 0.909.